The molecule has 0 amide bonds. The van der Waals surface area contributed by atoms with Gasteiger partial charge in [-0.25, -0.2) is 19.7 Å². The van der Waals surface area contributed by atoms with Crippen molar-refractivity contribution in [1.82, 2.24) is 34.6 Å². The number of hydrogen-bond donors (Lipinski definition) is 1. The van der Waals surface area contributed by atoms with E-state index in [1.807, 2.05) is 23.7 Å². The number of benzene rings is 1. The van der Waals surface area contributed by atoms with Crippen LogP contribution in [-0.4, -0.2) is 41.3 Å². The summed E-state index contributed by atoms with van der Waals surface area (Å²) in [4.78, 5) is 32.2. The zero-order valence-corrected chi connectivity index (χ0v) is 18.1. The molecule has 10 nitrogen and oxygen atoms in total. The van der Waals surface area contributed by atoms with Crippen LogP contribution in [0.25, 0.3) is 34.1 Å². The largest absolute Gasteiger partial charge is 0.439 e. The smallest absolute Gasteiger partial charge is 0.365 e. The molecule has 0 radical (unpaired) electrons. The Bertz CT molecular complexity index is 1570. The number of nitrogens with zero attached hydrogens (tertiary/aromatic N) is 6. The van der Waals surface area contributed by atoms with Crippen LogP contribution in [0.2, 0.25) is 5.02 Å². The first-order valence-electron chi connectivity index (χ1n) is 10.2. The zero-order chi connectivity index (χ0) is 22.5. The van der Waals surface area contributed by atoms with E-state index >= 15 is 0 Å². The summed E-state index contributed by atoms with van der Waals surface area (Å²) in [6, 6.07) is 9.93. The maximum atomic E-state index is 11.5. The van der Waals surface area contributed by atoms with Crippen LogP contribution in [-0.2, 0) is 18.2 Å². The predicted octanol–water partition coefficient (Wildman–Crippen LogP) is 3.08. The number of imidazole rings is 1. The van der Waals surface area contributed by atoms with Crippen molar-refractivity contribution in [1.29, 1.82) is 0 Å². The van der Waals surface area contributed by atoms with Crippen LogP contribution in [0.4, 0.5) is 0 Å². The summed E-state index contributed by atoms with van der Waals surface area (Å²) in [6.45, 7) is 0.590. The van der Waals surface area contributed by atoms with E-state index in [0.29, 0.717) is 39.9 Å². The van der Waals surface area contributed by atoms with Crippen LogP contribution in [0.3, 0.4) is 0 Å². The topological polar surface area (TPSA) is 125 Å². The van der Waals surface area contributed by atoms with Crippen molar-refractivity contribution >= 4 is 22.8 Å². The first-order chi connectivity index (χ1) is 16.1. The number of rotatable bonds is 3. The van der Waals surface area contributed by atoms with Gasteiger partial charge in [-0.1, -0.05) is 41.0 Å². The Hall–Kier alpha value is -3.89. The molecule has 0 fully saturated rings. The lowest BCUT2D eigenvalue weighted by atomic mass is 9.97. The summed E-state index contributed by atoms with van der Waals surface area (Å²) in [7, 11) is 1.90. The number of pyridine rings is 1. The molecule has 6 rings (SSSR count). The molecule has 1 aliphatic heterocycles. The molecule has 5 heterocycles. The number of nitrogens with one attached hydrogen (secondary N) is 1. The summed E-state index contributed by atoms with van der Waals surface area (Å²) in [5.41, 5.74) is 4.60. The van der Waals surface area contributed by atoms with E-state index in [0.717, 1.165) is 12.0 Å². The summed E-state index contributed by atoms with van der Waals surface area (Å²) in [5.74, 6) is 0.254. The first kappa shape index (κ1) is 19.8. The summed E-state index contributed by atoms with van der Waals surface area (Å²) in [6.07, 6.45) is 3.69. The lowest BCUT2D eigenvalue weighted by Crippen LogP contribution is -2.20. The van der Waals surface area contributed by atoms with Crippen LogP contribution in [0, 0.1) is 0 Å². The van der Waals surface area contributed by atoms with E-state index in [4.69, 9.17) is 21.3 Å². The van der Waals surface area contributed by atoms with E-state index in [2.05, 4.69) is 41.7 Å². The van der Waals surface area contributed by atoms with E-state index in [1.54, 1.807) is 18.5 Å². The molecular formula is C22H16ClN7O3. The van der Waals surface area contributed by atoms with Gasteiger partial charge in [0.25, 0.3) is 0 Å². The van der Waals surface area contributed by atoms with E-state index in [9.17, 15) is 4.79 Å². The van der Waals surface area contributed by atoms with Crippen LogP contribution in [0.1, 0.15) is 23.1 Å². The maximum absolute atomic E-state index is 11.5. The Morgan fingerprint density at radius 2 is 2.06 bits per heavy atom. The second-order valence-electron chi connectivity index (χ2n) is 7.63. The number of H-pyrrole nitrogens is 1. The third-order valence-corrected chi connectivity index (χ3v) is 5.83. The number of aryl methyl sites for hydroxylation is 1. The first-order valence-corrected chi connectivity index (χ1v) is 10.6. The minimum atomic E-state index is -0.700. The molecule has 4 aromatic heterocycles. The van der Waals surface area contributed by atoms with Gasteiger partial charge in [-0.2, -0.15) is 0 Å². The van der Waals surface area contributed by atoms with E-state index in [-0.39, 0.29) is 17.8 Å². The molecule has 33 heavy (non-hydrogen) atoms. The number of halogens is 1. The number of hydrogen-bond acceptors (Lipinski definition) is 8. The quantitative estimate of drug-likeness (QED) is 0.434. The van der Waals surface area contributed by atoms with Crippen molar-refractivity contribution in [3.63, 3.8) is 0 Å². The number of aromatic nitrogens is 7. The molecule has 11 heteroatoms. The second-order valence-corrected chi connectivity index (χ2v) is 8.07. The Morgan fingerprint density at radius 1 is 1.18 bits per heavy atom. The van der Waals surface area contributed by atoms with Crippen molar-refractivity contribution in [2.45, 2.75) is 12.5 Å². The Kier molecular flexibility index (Phi) is 4.56. The molecule has 0 aliphatic carbocycles. The van der Waals surface area contributed by atoms with Gasteiger partial charge in [0, 0.05) is 25.0 Å². The highest BCUT2D eigenvalue weighted by Crippen LogP contribution is 2.36. The summed E-state index contributed by atoms with van der Waals surface area (Å²) >= 11 is 6.21. The molecule has 1 N–H and O–H groups in total. The van der Waals surface area contributed by atoms with Gasteiger partial charge in [0.1, 0.15) is 23.1 Å². The van der Waals surface area contributed by atoms with Crippen LogP contribution < -0.4 is 5.76 Å². The standard InChI is InChI=1S/C22H16ClN7O3/c1-30-16-15(12-8-13(23)10-24-9-12)25-19(20-28-22(31)33-29-20)26-18(16)27-21(30)17-14-5-3-2-4-11(14)6-7-32-17/h2-5,8-10,17H,6-7H2,1H3,(H,28,29,31). The van der Waals surface area contributed by atoms with Gasteiger partial charge in [-0.15, -0.1) is 0 Å². The van der Waals surface area contributed by atoms with Crippen LogP contribution in [0.15, 0.2) is 52.0 Å². The third-order valence-electron chi connectivity index (χ3n) is 5.62. The average molecular weight is 462 g/mol. The minimum Gasteiger partial charge on any atom is -0.365 e. The fourth-order valence-electron chi connectivity index (χ4n) is 4.14. The monoisotopic (exact) mass is 461 g/mol. The average Bonchev–Trinajstić information content (AvgIpc) is 3.41. The van der Waals surface area contributed by atoms with E-state index < -0.39 is 5.76 Å². The highest BCUT2D eigenvalue weighted by molar-refractivity contribution is 6.30. The maximum Gasteiger partial charge on any atom is 0.439 e. The van der Waals surface area contributed by atoms with Gasteiger partial charge in [-0.05, 0) is 23.6 Å². The molecule has 0 saturated heterocycles. The molecule has 0 saturated carbocycles. The molecule has 1 aliphatic rings. The van der Waals surface area contributed by atoms with Gasteiger partial charge in [0.05, 0.1) is 11.6 Å². The van der Waals surface area contributed by atoms with Gasteiger partial charge in [-0.3, -0.25) is 14.5 Å². The third kappa shape index (κ3) is 3.31. The number of ether oxygens (including phenoxy) is 1. The van der Waals surface area contributed by atoms with Crippen molar-refractivity contribution in [2.75, 3.05) is 6.61 Å². The van der Waals surface area contributed by atoms with Crippen LogP contribution >= 0.6 is 11.6 Å². The fraction of sp³-hybridized carbons (Fsp3) is 0.182. The van der Waals surface area contributed by atoms with Crippen LogP contribution in [0.5, 0.6) is 0 Å². The van der Waals surface area contributed by atoms with Gasteiger partial charge in [0.2, 0.25) is 11.6 Å². The van der Waals surface area contributed by atoms with Crippen molar-refractivity contribution in [2.24, 2.45) is 7.05 Å². The second kappa shape index (κ2) is 7.61. The predicted molar refractivity (Wildman–Crippen MR) is 119 cm³/mol. The lowest BCUT2D eigenvalue weighted by Gasteiger charge is -2.25. The normalized spacial score (nSPS) is 15.6. The van der Waals surface area contributed by atoms with Gasteiger partial charge >= 0.3 is 5.76 Å². The zero-order valence-electron chi connectivity index (χ0n) is 17.3. The molecule has 1 aromatic carbocycles. The summed E-state index contributed by atoms with van der Waals surface area (Å²) < 4.78 is 12.7. The molecule has 5 aromatic rings. The SMILES string of the molecule is Cn1c(C2OCCc3ccccc32)nc2nc(-c3noc(=O)[nH]3)nc(-c3cncc(Cl)c3)c21. The highest BCUT2D eigenvalue weighted by atomic mass is 35.5. The minimum absolute atomic E-state index is 0.101. The number of fused-ring (bicyclic) bond motifs is 2. The van der Waals surface area contributed by atoms with Crippen molar-refractivity contribution in [3.05, 3.63) is 75.3 Å². The Labute approximate surface area is 191 Å². The fourth-order valence-corrected chi connectivity index (χ4v) is 4.32. The summed E-state index contributed by atoms with van der Waals surface area (Å²) in [5, 5.41) is 4.19. The molecule has 1 unspecified atom stereocenters. The molecule has 0 bridgehead atoms. The molecule has 0 spiro atoms. The molecular weight excluding hydrogens is 446 g/mol. The van der Waals surface area contributed by atoms with E-state index in [1.165, 1.54) is 5.56 Å². The van der Waals surface area contributed by atoms with Crippen molar-refractivity contribution < 1.29 is 9.26 Å². The Balaban J connectivity index is 1.61. The lowest BCUT2D eigenvalue weighted by molar-refractivity contribution is 0.0626. The van der Waals surface area contributed by atoms with Gasteiger partial charge in [0.15, 0.2) is 5.65 Å². The number of aromatic amines is 1. The highest BCUT2D eigenvalue weighted by Gasteiger charge is 2.29. The van der Waals surface area contributed by atoms with Crippen molar-refractivity contribution in [3.8, 4) is 22.9 Å². The molecule has 1 atom stereocenters. The van der Waals surface area contributed by atoms with Gasteiger partial charge < -0.3 is 9.30 Å². The Morgan fingerprint density at radius 3 is 2.88 bits per heavy atom. The molecule has 164 valence electrons.